The molecule has 2 aromatic rings. The van der Waals surface area contributed by atoms with Crippen LogP contribution in [0.4, 0.5) is 5.82 Å². The average molecular weight is 407 g/mol. The van der Waals surface area contributed by atoms with Crippen LogP contribution in [0.1, 0.15) is 24.1 Å². The van der Waals surface area contributed by atoms with Crippen LogP contribution < -0.4 is 10.6 Å². The summed E-state index contributed by atoms with van der Waals surface area (Å²) in [6.07, 6.45) is 1.86. The largest absolute Gasteiger partial charge is 0.376 e. The van der Waals surface area contributed by atoms with Gasteiger partial charge in [0.15, 0.2) is 0 Å². The summed E-state index contributed by atoms with van der Waals surface area (Å²) in [7, 11) is 0. The summed E-state index contributed by atoms with van der Waals surface area (Å²) >= 11 is 7.82. The number of hydrogen-bond acceptors (Lipinski definition) is 5. The fourth-order valence-electron chi connectivity index (χ4n) is 3.19. The number of anilines is 1. The monoisotopic (exact) mass is 406 g/mol. The van der Waals surface area contributed by atoms with E-state index in [1.54, 1.807) is 28.6 Å². The van der Waals surface area contributed by atoms with E-state index in [4.69, 9.17) is 16.3 Å². The van der Waals surface area contributed by atoms with Gasteiger partial charge >= 0.3 is 11.8 Å². The Morgan fingerprint density at radius 1 is 1.33 bits per heavy atom. The number of hydrogen-bond donors (Lipinski definition) is 2. The highest BCUT2D eigenvalue weighted by molar-refractivity contribution is 7.98. The molecule has 9 heteroatoms. The maximum atomic E-state index is 12.4. The molecule has 0 aliphatic carbocycles. The third kappa shape index (κ3) is 3.97. The van der Waals surface area contributed by atoms with Gasteiger partial charge in [-0.2, -0.15) is 16.9 Å². The van der Waals surface area contributed by atoms with Crippen molar-refractivity contribution in [2.45, 2.75) is 30.5 Å². The van der Waals surface area contributed by atoms with E-state index in [1.165, 1.54) is 0 Å². The van der Waals surface area contributed by atoms with Crippen LogP contribution in [-0.2, 0) is 25.8 Å². The third-order valence-electron chi connectivity index (χ3n) is 4.56. The first-order valence-corrected chi connectivity index (χ1v) is 10.3. The van der Waals surface area contributed by atoms with Crippen molar-refractivity contribution >= 4 is 41.0 Å². The number of halogens is 1. The maximum absolute atomic E-state index is 12.4. The van der Waals surface area contributed by atoms with Crippen molar-refractivity contribution in [1.82, 2.24) is 15.1 Å². The summed E-state index contributed by atoms with van der Waals surface area (Å²) in [5, 5.41) is 10.5. The smallest absolute Gasteiger partial charge is 0.314 e. The van der Waals surface area contributed by atoms with Gasteiger partial charge in [-0.15, -0.1) is 0 Å². The van der Waals surface area contributed by atoms with E-state index < -0.39 is 11.8 Å². The highest BCUT2D eigenvalue weighted by Crippen LogP contribution is 2.36. The first kappa shape index (κ1) is 18.3. The van der Waals surface area contributed by atoms with Crippen LogP contribution >= 0.6 is 23.4 Å². The second-order valence-corrected chi connectivity index (χ2v) is 7.88. The molecule has 0 saturated carbocycles. The van der Waals surface area contributed by atoms with Crippen LogP contribution in [0.5, 0.6) is 0 Å². The van der Waals surface area contributed by atoms with Gasteiger partial charge in [0.1, 0.15) is 5.82 Å². The molecule has 2 N–H and O–H groups in total. The van der Waals surface area contributed by atoms with E-state index in [-0.39, 0.29) is 6.10 Å². The van der Waals surface area contributed by atoms with Gasteiger partial charge in [-0.25, -0.2) is 4.68 Å². The lowest BCUT2D eigenvalue weighted by Gasteiger charge is -2.13. The predicted octanol–water partition coefficient (Wildman–Crippen LogP) is 2.51. The number of aromatic nitrogens is 2. The van der Waals surface area contributed by atoms with Crippen LogP contribution in [0, 0.1) is 0 Å². The lowest BCUT2D eigenvalue weighted by Crippen LogP contribution is -2.39. The van der Waals surface area contributed by atoms with Crippen LogP contribution in [0.25, 0.3) is 5.69 Å². The molecule has 0 unspecified atom stereocenters. The van der Waals surface area contributed by atoms with Gasteiger partial charge in [0.05, 0.1) is 17.5 Å². The van der Waals surface area contributed by atoms with E-state index in [1.807, 2.05) is 12.1 Å². The summed E-state index contributed by atoms with van der Waals surface area (Å²) in [6.45, 7) is 1.04. The molecule has 1 aromatic carbocycles. The number of fused-ring (bicyclic) bond motifs is 1. The van der Waals surface area contributed by atoms with Crippen LogP contribution in [0.2, 0.25) is 5.02 Å². The number of carbonyl (C=O) groups excluding carboxylic acids is 2. The molecule has 2 aliphatic heterocycles. The van der Waals surface area contributed by atoms with Crippen molar-refractivity contribution in [3.8, 4) is 5.69 Å². The zero-order valence-corrected chi connectivity index (χ0v) is 16.1. The van der Waals surface area contributed by atoms with E-state index in [2.05, 4.69) is 15.7 Å². The molecule has 2 aliphatic rings. The first-order valence-electron chi connectivity index (χ1n) is 8.77. The van der Waals surface area contributed by atoms with Gasteiger partial charge in [-0.1, -0.05) is 17.7 Å². The molecule has 27 heavy (non-hydrogen) atoms. The molecular formula is C18H19ClN4O3S. The Morgan fingerprint density at radius 3 is 3.00 bits per heavy atom. The minimum atomic E-state index is -0.712. The number of thioether (sulfide) groups is 1. The van der Waals surface area contributed by atoms with Crippen LogP contribution in [0.3, 0.4) is 0 Å². The normalized spacial score (nSPS) is 18.3. The van der Waals surface area contributed by atoms with Crippen molar-refractivity contribution in [2.24, 2.45) is 0 Å². The summed E-state index contributed by atoms with van der Waals surface area (Å²) in [6, 6.07) is 7.21. The molecule has 4 rings (SSSR count). The molecule has 1 fully saturated rings. The number of ether oxygens (including phenoxy) is 1. The molecule has 2 amide bonds. The topological polar surface area (TPSA) is 85.2 Å². The molecule has 142 valence electrons. The predicted molar refractivity (Wildman–Crippen MR) is 104 cm³/mol. The third-order valence-corrected chi connectivity index (χ3v) is 5.76. The Labute approximate surface area is 165 Å². The fraction of sp³-hybridized carbons (Fsp3) is 0.389. The quantitative estimate of drug-likeness (QED) is 0.762. The Hall–Kier alpha value is -2.03. The fourth-order valence-corrected chi connectivity index (χ4v) is 4.41. The Balaban J connectivity index is 1.52. The minimum absolute atomic E-state index is 0.0145. The zero-order valence-electron chi connectivity index (χ0n) is 14.5. The highest BCUT2D eigenvalue weighted by atomic mass is 35.5. The number of carbonyl (C=O) groups is 2. The van der Waals surface area contributed by atoms with Crippen molar-refractivity contribution < 1.29 is 14.3 Å². The minimum Gasteiger partial charge on any atom is -0.376 e. The SMILES string of the molecule is O=C(NC[C@@H]1CCCO1)C(=O)Nc1c2c(nn1-c1cccc(Cl)c1)CSC2. The van der Waals surface area contributed by atoms with E-state index in [0.29, 0.717) is 24.0 Å². The van der Waals surface area contributed by atoms with Gasteiger partial charge in [0, 0.05) is 35.2 Å². The average Bonchev–Trinajstić information content (AvgIpc) is 3.38. The van der Waals surface area contributed by atoms with E-state index >= 15 is 0 Å². The Morgan fingerprint density at radius 2 is 2.22 bits per heavy atom. The summed E-state index contributed by atoms with van der Waals surface area (Å²) in [4.78, 5) is 24.6. The number of rotatable bonds is 4. The summed E-state index contributed by atoms with van der Waals surface area (Å²) < 4.78 is 7.10. The van der Waals surface area contributed by atoms with Crippen molar-refractivity contribution in [1.29, 1.82) is 0 Å². The van der Waals surface area contributed by atoms with Crippen LogP contribution in [0.15, 0.2) is 24.3 Å². The molecule has 1 saturated heterocycles. The van der Waals surface area contributed by atoms with E-state index in [0.717, 1.165) is 41.3 Å². The van der Waals surface area contributed by atoms with Gasteiger partial charge in [0.25, 0.3) is 0 Å². The molecule has 7 nitrogen and oxygen atoms in total. The number of amides is 2. The van der Waals surface area contributed by atoms with Gasteiger partial charge in [-0.05, 0) is 31.0 Å². The highest BCUT2D eigenvalue weighted by Gasteiger charge is 2.27. The van der Waals surface area contributed by atoms with E-state index in [9.17, 15) is 9.59 Å². The van der Waals surface area contributed by atoms with Gasteiger partial charge in [0.2, 0.25) is 0 Å². The lowest BCUT2D eigenvalue weighted by molar-refractivity contribution is -0.136. The first-order chi connectivity index (χ1) is 13.1. The molecule has 0 bridgehead atoms. The molecule has 3 heterocycles. The molecule has 0 spiro atoms. The Kier molecular flexibility index (Phi) is 5.38. The molecule has 0 radical (unpaired) electrons. The zero-order chi connectivity index (χ0) is 18.8. The van der Waals surface area contributed by atoms with Crippen molar-refractivity contribution in [3.05, 3.63) is 40.5 Å². The molecular weight excluding hydrogens is 388 g/mol. The maximum Gasteiger partial charge on any atom is 0.314 e. The molecule has 1 atom stereocenters. The summed E-state index contributed by atoms with van der Waals surface area (Å²) in [5.41, 5.74) is 2.59. The second kappa shape index (κ2) is 7.92. The second-order valence-electron chi connectivity index (χ2n) is 6.46. The standard InChI is InChI=1S/C18H19ClN4O3S/c19-11-3-1-4-12(7-11)23-16(14-9-27-10-15(14)22-23)21-18(25)17(24)20-8-13-5-2-6-26-13/h1,3-4,7,13H,2,5-6,8-10H2,(H,20,24)(H,21,25)/t13-/m0/s1. The van der Waals surface area contributed by atoms with Gasteiger partial charge < -0.3 is 15.4 Å². The van der Waals surface area contributed by atoms with Crippen molar-refractivity contribution in [2.75, 3.05) is 18.5 Å². The number of nitrogens with zero attached hydrogens (tertiary/aromatic N) is 2. The number of benzene rings is 1. The van der Waals surface area contributed by atoms with Gasteiger partial charge in [-0.3, -0.25) is 9.59 Å². The Bertz CT molecular complexity index is 879. The molecule has 1 aromatic heterocycles. The van der Waals surface area contributed by atoms with Crippen LogP contribution in [-0.4, -0.2) is 40.9 Å². The summed E-state index contributed by atoms with van der Waals surface area (Å²) in [5.74, 6) is 0.647. The van der Waals surface area contributed by atoms with Crippen molar-refractivity contribution in [3.63, 3.8) is 0 Å². The number of nitrogens with one attached hydrogen (secondary N) is 2. The lowest BCUT2D eigenvalue weighted by atomic mass is 10.2.